The molecular formula is C20H28ClN3O3S. The van der Waals surface area contributed by atoms with Gasteiger partial charge < -0.3 is 10.1 Å². The van der Waals surface area contributed by atoms with Gasteiger partial charge in [0.05, 0.1) is 16.2 Å². The second-order valence-corrected chi connectivity index (χ2v) is 8.84. The Balaban J connectivity index is 2.28. The smallest absolute Gasteiger partial charge is 0.262 e. The molecule has 0 radical (unpaired) electrons. The summed E-state index contributed by atoms with van der Waals surface area (Å²) >= 11 is 7.35. The molecular weight excluding hydrogens is 398 g/mol. The summed E-state index contributed by atoms with van der Waals surface area (Å²) in [4.78, 5) is 30.0. The van der Waals surface area contributed by atoms with Gasteiger partial charge in [-0.05, 0) is 43.9 Å². The van der Waals surface area contributed by atoms with Crippen LogP contribution in [0.15, 0.2) is 28.2 Å². The minimum atomic E-state index is -0.371. The highest BCUT2D eigenvalue weighted by molar-refractivity contribution is 8.00. The van der Waals surface area contributed by atoms with Crippen LogP contribution < -0.4 is 10.9 Å². The molecule has 1 amide bonds. The summed E-state index contributed by atoms with van der Waals surface area (Å²) in [6.07, 6.45) is 1.61. The normalized spacial score (nSPS) is 12.5. The maximum absolute atomic E-state index is 13.0. The van der Waals surface area contributed by atoms with Crippen molar-refractivity contribution in [2.24, 2.45) is 5.92 Å². The summed E-state index contributed by atoms with van der Waals surface area (Å²) in [5.41, 5.74) is 0.406. The standard InChI is InChI=1S/C20H28ClN3O3S/c1-13(2)8-9-22-18(25)14(3)28-20-23-17-12-15(21)6-7-16(17)19(26)24(20)10-5-11-27-4/h6-7,12-14H,5,8-11H2,1-4H3,(H,22,25). The number of benzene rings is 1. The molecule has 0 aliphatic heterocycles. The van der Waals surface area contributed by atoms with Gasteiger partial charge in [0.1, 0.15) is 0 Å². The van der Waals surface area contributed by atoms with E-state index < -0.39 is 0 Å². The zero-order valence-electron chi connectivity index (χ0n) is 16.8. The van der Waals surface area contributed by atoms with Crippen molar-refractivity contribution in [1.82, 2.24) is 14.9 Å². The summed E-state index contributed by atoms with van der Waals surface area (Å²) in [5.74, 6) is 0.468. The molecule has 0 aliphatic carbocycles. The van der Waals surface area contributed by atoms with Crippen molar-refractivity contribution < 1.29 is 9.53 Å². The fourth-order valence-electron chi connectivity index (χ4n) is 2.67. The van der Waals surface area contributed by atoms with Crippen molar-refractivity contribution in [3.05, 3.63) is 33.6 Å². The number of nitrogens with one attached hydrogen (secondary N) is 1. The third-order valence-corrected chi connectivity index (χ3v) is 5.61. The van der Waals surface area contributed by atoms with Crippen LogP contribution in [0.4, 0.5) is 0 Å². The lowest BCUT2D eigenvalue weighted by atomic mass is 10.1. The number of carbonyl (C=O) groups is 1. The van der Waals surface area contributed by atoms with Gasteiger partial charge in [-0.15, -0.1) is 0 Å². The number of nitrogens with zero attached hydrogens (tertiary/aromatic N) is 2. The van der Waals surface area contributed by atoms with E-state index >= 15 is 0 Å². The number of rotatable bonds is 10. The number of amides is 1. The number of aromatic nitrogens is 2. The lowest BCUT2D eigenvalue weighted by Crippen LogP contribution is -2.33. The number of fused-ring (bicyclic) bond motifs is 1. The average molecular weight is 426 g/mol. The Morgan fingerprint density at radius 3 is 2.79 bits per heavy atom. The topological polar surface area (TPSA) is 73.2 Å². The first-order valence-electron chi connectivity index (χ1n) is 9.47. The van der Waals surface area contributed by atoms with Crippen LogP contribution >= 0.6 is 23.4 Å². The number of thioether (sulfide) groups is 1. The Labute approximate surface area is 175 Å². The van der Waals surface area contributed by atoms with E-state index in [-0.39, 0.29) is 16.7 Å². The quantitative estimate of drug-likeness (QED) is 0.356. The van der Waals surface area contributed by atoms with E-state index in [9.17, 15) is 9.59 Å². The van der Waals surface area contributed by atoms with Crippen LogP contribution in [-0.4, -0.2) is 41.0 Å². The molecule has 1 atom stereocenters. The highest BCUT2D eigenvalue weighted by atomic mass is 35.5. The van der Waals surface area contributed by atoms with E-state index in [4.69, 9.17) is 16.3 Å². The summed E-state index contributed by atoms with van der Waals surface area (Å²) in [6, 6.07) is 5.05. The van der Waals surface area contributed by atoms with Crippen LogP contribution in [0.1, 0.15) is 33.6 Å². The Bertz CT molecular complexity index is 870. The van der Waals surface area contributed by atoms with Crippen LogP contribution in [0.3, 0.4) is 0 Å². The number of hydrogen-bond donors (Lipinski definition) is 1. The van der Waals surface area contributed by atoms with E-state index in [0.29, 0.717) is 53.1 Å². The van der Waals surface area contributed by atoms with Crippen molar-refractivity contribution in [1.29, 1.82) is 0 Å². The molecule has 0 aliphatic rings. The van der Waals surface area contributed by atoms with Crippen LogP contribution in [0, 0.1) is 5.92 Å². The van der Waals surface area contributed by atoms with Gasteiger partial charge in [0.15, 0.2) is 5.16 Å². The number of carbonyl (C=O) groups excluding carboxylic acids is 1. The molecule has 154 valence electrons. The number of ether oxygens (including phenoxy) is 1. The summed E-state index contributed by atoms with van der Waals surface area (Å²) < 4.78 is 6.73. The van der Waals surface area contributed by atoms with Crippen LogP contribution in [0.2, 0.25) is 5.02 Å². The van der Waals surface area contributed by atoms with E-state index in [1.807, 2.05) is 6.92 Å². The van der Waals surface area contributed by atoms with Crippen LogP contribution in [-0.2, 0) is 16.1 Å². The van der Waals surface area contributed by atoms with E-state index in [2.05, 4.69) is 24.1 Å². The third-order valence-electron chi connectivity index (χ3n) is 4.28. The molecule has 8 heteroatoms. The van der Waals surface area contributed by atoms with Crippen molar-refractivity contribution in [2.75, 3.05) is 20.3 Å². The fourth-order valence-corrected chi connectivity index (χ4v) is 3.79. The van der Waals surface area contributed by atoms with Gasteiger partial charge in [-0.2, -0.15) is 0 Å². The minimum absolute atomic E-state index is 0.0606. The predicted molar refractivity (Wildman–Crippen MR) is 115 cm³/mol. The molecule has 0 saturated heterocycles. The predicted octanol–water partition coefficient (Wildman–Crippen LogP) is 3.73. The molecule has 0 fully saturated rings. The fraction of sp³-hybridized carbons (Fsp3) is 0.550. The number of halogens is 1. The zero-order chi connectivity index (χ0) is 20.7. The maximum atomic E-state index is 13.0. The molecule has 1 aromatic carbocycles. The van der Waals surface area contributed by atoms with E-state index in [1.54, 1.807) is 29.9 Å². The molecule has 1 unspecified atom stereocenters. The van der Waals surface area contributed by atoms with Crippen LogP contribution in [0.5, 0.6) is 0 Å². The summed E-state index contributed by atoms with van der Waals surface area (Å²) in [6.45, 7) is 7.72. The van der Waals surface area contributed by atoms with Gasteiger partial charge >= 0.3 is 0 Å². The summed E-state index contributed by atoms with van der Waals surface area (Å²) in [7, 11) is 1.63. The van der Waals surface area contributed by atoms with Gasteiger partial charge in [0, 0.05) is 31.8 Å². The lowest BCUT2D eigenvalue weighted by Gasteiger charge is -2.16. The Morgan fingerprint density at radius 1 is 1.36 bits per heavy atom. The van der Waals surface area contributed by atoms with Crippen molar-refractivity contribution >= 4 is 40.2 Å². The van der Waals surface area contributed by atoms with Gasteiger partial charge in [-0.25, -0.2) is 4.98 Å². The molecule has 6 nitrogen and oxygen atoms in total. The SMILES string of the molecule is COCCCn1c(SC(C)C(=O)NCCC(C)C)nc2cc(Cl)ccc2c1=O. The second-order valence-electron chi connectivity index (χ2n) is 7.09. The van der Waals surface area contributed by atoms with Crippen molar-refractivity contribution in [2.45, 2.75) is 50.6 Å². The molecule has 2 aromatic rings. The highest BCUT2D eigenvalue weighted by Gasteiger charge is 2.19. The van der Waals surface area contributed by atoms with Gasteiger partial charge in [0.2, 0.25) is 5.91 Å². The number of methoxy groups -OCH3 is 1. The zero-order valence-corrected chi connectivity index (χ0v) is 18.4. The van der Waals surface area contributed by atoms with Crippen molar-refractivity contribution in [3.63, 3.8) is 0 Å². The molecule has 0 spiro atoms. The minimum Gasteiger partial charge on any atom is -0.385 e. The molecule has 28 heavy (non-hydrogen) atoms. The Kier molecular flexibility index (Phi) is 8.79. The average Bonchev–Trinajstić information content (AvgIpc) is 2.63. The van der Waals surface area contributed by atoms with Gasteiger partial charge in [-0.1, -0.05) is 37.2 Å². The Morgan fingerprint density at radius 2 is 2.11 bits per heavy atom. The highest BCUT2D eigenvalue weighted by Crippen LogP contribution is 2.24. The largest absolute Gasteiger partial charge is 0.385 e. The summed E-state index contributed by atoms with van der Waals surface area (Å²) in [5, 5.41) is 4.13. The molecule has 0 bridgehead atoms. The number of hydrogen-bond acceptors (Lipinski definition) is 5. The molecule has 1 N–H and O–H groups in total. The van der Waals surface area contributed by atoms with E-state index in [0.717, 1.165) is 6.42 Å². The maximum Gasteiger partial charge on any atom is 0.262 e. The first-order valence-corrected chi connectivity index (χ1v) is 10.7. The second kappa shape index (κ2) is 10.8. The molecule has 2 rings (SSSR count). The van der Waals surface area contributed by atoms with Crippen LogP contribution in [0.25, 0.3) is 10.9 Å². The molecule has 1 aromatic heterocycles. The Hall–Kier alpha value is -1.57. The third kappa shape index (κ3) is 6.22. The van der Waals surface area contributed by atoms with Gasteiger partial charge in [-0.3, -0.25) is 14.2 Å². The van der Waals surface area contributed by atoms with E-state index in [1.165, 1.54) is 11.8 Å². The first-order chi connectivity index (χ1) is 13.3. The first kappa shape index (κ1) is 22.7. The van der Waals surface area contributed by atoms with Crippen molar-refractivity contribution in [3.8, 4) is 0 Å². The van der Waals surface area contributed by atoms with Gasteiger partial charge in [0.25, 0.3) is 5.56 Å². The molecule has 1 heterocycles. The molecule has 0 saturated carbocycles. The monoisotopic (exact) mass is 425 g/mol. The lowest BCUT2D eigenvalue weighted by molar-refractivity contribution is -0.120.